The van der Waals surface area contributed by atoms with E-state index in [2.05, 4.69) is 15.6 Å². The first-order chi connectivity index (χ1) is 15.6. The van der Waals surface area contributed by atoms with E-state index in [-0.39, 0.29) is 17.4 Å². The van der Waals surface area contributed by atoms with Crippen molar-refractivity contribution in [1.82, 2.24) is 15.6 Å². The third-order valence-electron chi connectivity index (χ3n) is 5.04. The van der Waals surface area contributed by atoms with Crippen molar-refractivity contribution in [3.8, 4) is 0 Å². The quantitative estimate of drug-likeness (QED) is 0.382. The number of aromatic amines is 1. The van der Waals surface area contributed by atoms with E-state index in [0.717, 1.165) is 22.0 Å². The Hall–Kier alpha value is -4.19. The summed E-state index contributed by atoms with van der Waals surface area (Å²) in [6.07, 6.45) is 3.91. The molecule has 0 aliphatic rings. The Balaban J connectivity index is 1.55. The third kappa shape index (κ3) is 5.10. The Bertz CT molecular complexity index is 1280. The fourth-order valence-electron chi connectivity index (χ4n) is 3.42. The monoisotopic (exact) mass is 427 g/mol. The molecule has 0 saturated heterocycles. The highest BCUT2D eigenvalue weighted by molar-refractivity contribution is 6.06. The Morgan fingerprint density at radius 1 is 0.938 bits per heavy atom. The van der Waals surface area contributed by atoms with E-state index in [4.69, 9.17) is 0 Å². The summed E-state index contributed by atoms with van der Waals surface area (Å²) in [5.41, 5.74) is 3.07. The molecule has 3 aromatic carbocycles. The first-order valence-corrected chi connectivity index (χ1v) is 10.3. The van der Waals surface area contributed by atoms with Crippen LogP contribution >= 0.6 is 0 Å². The van der Waals surface area contributed by atoms with Crippen LogP contribution in [-0.2, 0) is 11.2 Å². The number of aromatic nitrogens is 1. The molecule has 160 valence electrons. The van der Waals surface area contributed by atoms with Crippen molar-refractivity contribution in [3.05, 3.63) is 113 Å². The maximum Gasteiger partial charge on any atom is 0.267 e. The molecule has 0 saturated carbocycles. The lowest BCUT2D eigenvalue weighted by Crippen LogP contribution is -2.35. The largest absolute Gasteiger partial charge is 0.361 e. The lowest BCUT2D eigenvalue weighted by atomic mass is 10.1. The second-order valence-electron chi connectivity index (χ2n) is 7.30. The molecule has 3 N–H and O–H groups in total. The van der Waals surface area contributed by atoms with Gasteiger partial charge >= 0.3 is 0 Å². The molecule has 1 aromatic heterocycles. The van der Waals surface area contributed by atoms with Crippen molar-refractivity contribution in [3.63, 3.8) is 0 Å². The number of halogens is 1. The van der Waals surface area contributed by atoms with Gasteiger partial charge in [0, 0.05) is 34.8 Å². The highest BCUT2D eigenvalue weighted by atomic mass is 19.1. The van der Waals surface area contributed by atoms with Crippen LogP contribution in [0.15, 0.2) is 90.8 Å². The van der Waals surface area contributed by atoms with E-state index in [1.54, 1.807) is 48.7 Å². The lowest BCUT2D eigenvalue weighted by Gasteiger charge is -2.11. The Labute approximate surface area is 185 Å². The summed E-state index contributed by atoms with van der Waals surface area (Å²) in [5, 5.41) is 6.48. The number of nitrogens with one attached hydrogen (secondary N) is 3. The molecule has 0 spiro atoms. The molecule has 32 heavy (non-hydrogen) atoms. The van der Waals surface area contributed by atoms with Gasteiger partial charge in [0.25, 0.3) is 11.8 Å². The Morgan fingerprint density at radius 2 is 1.72 bits per heavy atom. The molecular weight excluding hydrogens is 405 g/mol. The van der Waals surface area contributed by atoms with Gasteiger partial charge in [0.2, 0.25) is 0 Å². The van der Waals surface area contributed by atoms with E-state index in [1.807, 2.05) is 30.3 Å². The highest BCUT2D eigenvalue weighted by Gasteiger charge is 2.15. The average Bonchev–Trinajstić information content (AvgIpc) is 3.22. The fourth-order valence-corrected chi connectivity index (χ4v) is 3.42. The van der Waals surface area contributed by atoms with E-state index in [1.165, 1.54) is 12.1 Å². The second kappa shape index (κ2) is 9.75. The summed E-state index contributed by atoms with van der Waals surface area (Å²) in [6, 6.07) is 22.7. The van der Waals surface area contributed by atoms with Gasteiger partial charge in [0.15, 0.2) is 0 Å². The molecule has 0 radical (unpaired) electrons. The zero-order valence-electron chi connectivity index (χ0n) is 17.3. The number of hydrogen-bond acceptors (Lipinski definition) is 2. The van der Waals surface area contributed by atoms with Crippen LogP contribution in [0, 0.1) is 5.82 Å². The lowest BCUT2D eigenvalue weighted by molar-refractivity contribution is -0.117. The molecule has 0 unspecified atom stereocenters. The molecule has 0 aliphatic heterocycles. The summed E-state index contributed by atoms with van der Waals surface area (Å²) in [7, 11) is 0. The number of rotatable bonds is 7. The van der Waals surface area contributed by atoms with E-state index < -0.39 is 5.91 Å². The molecule has 4 rings (SSSR count). The highest BCUT2D eigenvalue weighted by Crippen LogP contribution is 2.20. The number of fused-ring (bicyclic) bond motifs is 1. The van der Waals surface area contributed by atoms with Crippen LogP contribution in [0.1, 0.15) is 21.5 Å². The maximum atomic E-state index is 13.4. The maximum absolute atomic E-state index is 13.4. The van der Waals surface area contributed by atoms with E-state index in [9.17, 15) is 14.0 Å². The van der Waals surface area contributed by atoms with Gasteiger partial charge in [-0.25, -0.2) is 4.39 Å². The van der Waals surface area contributed by atoms with Crippen LogP contribution < -0.4 is 10.6 Å². The van der Waals surface area contributed by atoms with Crippen molar-refractivity contribution in [2.75, 3.05) is 6.54 Å². The van der Waals surface area contributed by atoms with Crippen molar-refractivity contribution in [1.29, 1.82) is 0 Å². The van der Waals surface area contributed by atoms with Gasteiger partial charge < -0.3 is 15.6 Å². The Morgan fingerprint density at radius 3 is 2.53 bits per heavy atom. The summed E-state index contributed by atoms with van der Waals surface area (Å²) in [6.45, 7) is 0.300. The first kappa shape index (κ1) is 21.1. The van der Waals surface area contributed by atoms with Crippen LogP contribution in [0.3, 0.4) is 0 Å². The number of hydrogen-bond donors (Lipinski definition) is 3. The minimum Gasteiger partial charge on any atom is -0.361 e. The SMILES string of the molecule is O=C(NCCc1cccc(F)c1)/C(=C/c1c[nH]c2ccccc12)NC(=O)c1ccccc1. The third-order valence-corrected chi connectivity index (χ3v) is 5.04. The summed E-state index contributed by atoms with van der Waals surface area (Å²) in [5.74, 6) is -1.11. The van der Waals surface area contributed by atoms with Crippen molar-refractivity contribution < 1.29 is 14.0 Å². The molecule has 2 amide bonds. The number of carbonyl (C=O) groups excluding carboxylic acids is 2. The number of H-pyrrole nitrogens is 1. The van der Waals surface area contributed by atoms with Gasteiger partial charge in [-0.2, -0.15) is 0 Å². The van der Waals surface area contributed by atoms with Gasteiger partial charge in [0.05, 0.1) is 0 Å². The number of para-hydroxylation sites is 1. The molecule has 4 aromatic rings. The van der Waals surface area contributed by atoms with Gasteiger partial charge in [-0.15, -0.1) is 0 Å². The van der Waals surface area contributed by atoms with E-state index in [0.29, 0.717) is 18.5 Å². The van der Waals surface area contributed by atoms with Crippen LogP contribution in [0.25, 0.3) is 17.0 Å². The summed E-state index contributed by atoms with van der Waals surface area (Å²) in [4.78, 5) is 28.8. The topological polar surface area (TPSA) is 74.0 Å². The minimum absolute atomic E-state index is 0.128. The molecular formula is C26H22FN3O2. The van der Waals surface area contributed by atoms with Gasteiger partial charge in [-0.3, -0.25) is 9.59 Å². The number of amides is 2. The van der Waals surface area contributed by atoms with Crippen molar-refractivity contribution in [2.24, 2.45) is 0 Å². The smallest absolute Gasteiger partial charge is 0.267 e. The van der Waals surface area contributed by atoms with Crippen LogP contribution in [-0.4, -0.2) is 23.3 Å². The predicted molar refractivity (Wildman–Crippen MR) is 123 cm³/mol. The summed E-state index contributed by atoms with van der Waals surface area (Å²) < 4.78 is 13.4. The molecule has 1 heterocycles. The normalized spacial score (nSPS) is 11.3. The Kier molecular flexibility index (Phi) is 6.41. The molecule has 0 fully saturated rings. The predicted octanol–water partition coefficient (Wildman–Crippen LogP) is 4.44. The molecule has 5 nitrogen and oxygen atoms in total. The molecule has 0 bridgehead atoms. The van der Waals surface area contributed by atoms with Crippen LogP contribution in [0.5, 0.6) is 0 Å². The molecule has 0 aliphatic carbocycles. The van der Waals surface area contributed by atoms with E-state index >= 15 is 0 Å². The van der Waals surface area contributed by atoms with Crippen LogP contribution in [0.2, 0.25) is 0 Å². The second-order valence-corrected chi connectivity index (χ2v) is 7.30. The number of benzene rings is 3. The first-order valence-electron chi connectivity index (χ1n) is 10.3. The van der Waals surface area contributed by atoms with Crippen molar-refractivity contribution in [2.45, 2.75) is 6.42 Å². The zero-order valence-corrected chi connectivity index (χ0v) is 17.3. The van der Waals surface area contributed by atoms with Gasteiger partial charge in [-0.05, 0) is 48.4 Å². The van der Waals surface area contributed by atoms with Gasteiger partial charge in [0.1, 0.15) is 11.5 Å². The fraction of sp³-hybridized carbons (Fsp3) is 0.0769. The number of carbonyl (C=O) groups is 2. The summed E-state index contributed by atoms with van der Waals surface area (Å²) >= 11 is 0. The van der Waals surface area contributed by atoms with Gasteiger partial charge in [-0.1, -0.05) is 48.5 Å². The average molecular weight is 427 g/mol. The minimum atomic E-state index is -0.420. The molecule has 0 atom stereocenters. The van der Waals surface area contributed by atoms with Crippen molar-refractivity contribution >= 4 is 28.8 Å². The molecule has 6 heteroatoms. The standard InChI is InChI=1S/C26H22FN3O2/c27-21-10-6-7-18(15-21)13-14-28-26(32)24(30-25(31)19-8-2-1-3-9-19)16-20-17-29-23-12-5-4-11-22(20)23/h1-12,15-17,29H,13-14H2,(H,28,32)(H,30,31)/b24-16-. The van der Waals surface area contributed by atoms with Crippen LogP contribution in [0.4, 0.5) is 4.39 Å². The zero-order chi connectivity index (χ0) is 22.3.